The summed E-state index contributed by atoms with van der Waals surface area (Å²) in [7, 11) is 4.63. The molecule has 1 aromatic heterocycles. The first-order valence-electron chi connectivity index (χ1n) is 12.8. The number of halogens is 1. The number of amides is 2. The maximum Gasteiger partial charge on any atom is 0.294 e. The number of fused-ring (bicyclic) bond motifs is 1. The summed E-state index contributed by atoms with van der Waals surface area (Å²) < 4.78 is 20.3. The number of hydrogen-bond acceptors (Lipinski definition) is 5. The highest BCUT2D eigenvalue weighted by atomic mass is 19.1. The van der Waals surface area contributed by atoms with Crippen molar-refractivity contribution in [3.63, 3.8) is 0 Å². The number of rotatable bonds is 7. The molecule has 38 heavy (non-hydrogen) atoms. The van der Waals surface area contributed by atoms with Crippen LogP contribution in [0.5, 0.6) is 0 Å². The number of carbonyl (C=O) groups excluding carboxylic acids is 3. The number of Topliss-reactive ketones (excluding diaryl/α,β-unsaturated/α-hetero) is 1. The lowest BCUT2D eigenvalue weighted by Crippen LogP contribution is -2.53. The van der Waals surface area contributed by atoms with Gasteiger partial charge in [0.1, 0.15) is 12.5 Å². The summed E-state index contributed by atoms with van der Waals surface area (Å²) in [5.74, 6) is -1.63. The first kappa shape index (κ1) is 29.0. The fourth-order valence-corrected chi connectivity index (χ4v) is 4.66. The van der Waals surface area contributed by atoms with Crippen LogP contribution >= 0.6 is 0 Å². The Morgan fingerprint density at radius 2 is 1.74 bits per heavy atom. The zero-order chi connectivity index (χ0) is 28.0. The molecule has 1 saturated heterocycles. The summed E-state index contributed by atoms with van der Waals surface area (Å²) in [6.45, 7) is 8.84. The molecule has 0 spiro atoms. The van der Waals surface area contributed by atoms with E-state index in [4.69, 9.17) is 4.74 Å². The number of nitrogens with zero attached hydrogens (tertiary/aromatic N) is 4. The van der Waals surface area contributed by atoms with Gasteiger partial charge in [-0.2, -0.15) is 0 Å². The van der Waals surface area contributed by atoms with Crippen molar-refractivity contribution in [1.29, 1.82) is 0 Å². The second-order valence-corrected chi connectivity index (χ2v) is 9.40. The molecule has 4 rings (SSSR count). The average molecular weight is 525 g/mol. The molecule has 0 radical (unpaired) electrons. The average Bonchev–Trinajstić information content (AvgIpc) is 3.28. The zero-order valence-corrected chi connectivity index (χ0v) is 23.0. The summed E-state index contributed by atoms with van der Waals surface area (Å²) in [6, 6.07) is 11.4. The Hall–Kier alpha value is -3.56. The first-order valence-corrected chi connectivity index (χ1v) is 12.8. The number of carbonyl (C=O) groups is 3. The van der Waals surface area contributed by atoms with Crippen LogP contribution in [0, 0.1) is 5.82 Å². The molecule has 0 aliphatic carbocycles. The van der Waals surface area contributed by atoms with E-state index in [0.717, 1.165) is 11.1 Å². The molecule has 0 saturated carbocycles. The smallest absolute Gasteiger partial charge is 0.294 e. The Labute approximate surface area is 223 Å². The van der Waals surface area contributed by atoms with Crippen LogP contribution in [0.1, 0.15) is 47.1 Å². The van der Waals surface area contributed by atoms with E-state index < -0.39 is 11.7 Å². The van der Waals surface area contributed by atoms with E-state index in [2.05, 4.69) is 4.90 Å². The van der Waals surface area contributed by atoms with Crippen LogP contribution in [0.3, 0.4) is 0 Å². The van der Waals surface area contributed by atoms with E-state index in [9.17, 15) is 18.8 Å². The molecule has 8 nitrogen and oxygen atoms in total. The Kier molecular flexibility index (Phi) is 9.77. The highest BCUT2D eigenvalue weighted by Crippen LogP contribution is 2.27. The summed E-state index contributed by atoms with van der Waals surface area (Å²) in [5.41, 5.74) is 2.47. The molecule has 1 aliphatic heterocycles. The fraction of sp³-hybridized carbons (Fsp3) is 0.414. The SMILES string of the molecule is CC.COCn1cc(C(=O)N2CCN(Cc3ccc(F)cc3)C[C@H]2C)c2cc(C(=O)C(=O)N(C)C)ccc21. The normalized spacial score (nSPS) is 15.7. The largest absolute Gasteiger partial charge is 0.364 e. The second-order valence-electron chi connectivity index (χ2n) is 9.40. The summed E-state index contributed by atoms with van der Waals surface area (Å²) >= 11 is 0. The van der Waals surface area contributed by atoms with Crippen LogP contribution in [0.2, 0.25) is 0 Å². The predicted molar refractivity (Wildman–Crippen MR) is 145 cm³/mol. The van der Waals surface area contributed by atoms with Crippen molar-refractivity contribution in [3.05, 3.63) is 71.2 Å². The van der Waals surface area contributed by atoms with Crippen molar-refractivity contribution in [2.75, 3.05) is 40.8 Å². The third-order valence-corrected chi connectivity index (χ3v) is 6.53. The Morgan fingerprint density at radius 3 is 2.34 bits per heavy atom. The van der Waals surface area contributed by atoms with E-state index in [-0.39, 0.29) is 30.1 Å². The van der Waals surface area contributed by atoms with Crippen molar-refractivity contribution >= 4 is 28.5 Å². The summed E-state index contributed by atoms with van der Waals surface area (Å²) in [4.78, 5) is 43.9. The van der Waals surface area contributed by atoms with E-state index in [1.165, 1.54) is 31.1 Å². The first-order chi connectivity index (χ1) is 18.2. The highest BCUT2D eigenvalue weighted by Gasteiger charge is 2.30. The molecule has 0 N–H and O–H groups in total. The number of piperazine rings is 1. The van der Waals surface area contributed by atoms with Crippen molar-refractivity contribution in [3.8, 4) is 0 Å². The van der Waals surface area contributed by atoms with Crippen molar-refractivity contribution < 1.29 is 23.5 Å². The highest BCUT2D eigenvalue weighted by molar-refractivity contribution is 6.43. The Bertz CT molecular complexity index is 1290. The predicted octanol–water partition coefficient (Wildman–Crippen LogP) is 4.03. The van der Waals surface area contributed by atoms with Crippen LogP contribution in [-0.4, -0.2) is 83.7 Å². The van der Waals surface area contributed by atoms with Gasteiger partial charge < -0.3 is 19.1 Å². The summed E-state index contributed by atoms with van der Waals surface area (Å²) in [6.07, 6.45) is 1.75. The van der Waals surface area contributed by atoms with Crippen LogP contribution in [0.25, 0.3) is 10.9 Å². The molecule has 9 heteroatoms. The van der Waals surface area contributed by atoms with Gasteiger partial charge in [0.15, 0.2) is 0 Å². The topological polar surface area (TPSA) is 75.1 Å². The Morgan fingerprint density at radius 1 is 1.05 bits per heavy atom. The summed E-state index contributed by atoms with van der Waals surface area (Å²) in [5, 5.41) is 0.607. The van der Waals surface area contributed by atoms with Gasteiger partial charge in [-0.3, -0.25) is 19.3 Å². The standard InChI is InChI=1S/C27H31FN4O4.C2H6/c1-18-14-30(15-19-5-8-21(28)9-6-19)11-12-32(18)26(34)23-16-31(17-36-4)24-10-7-20(13-22(23)24)25(33)27(35)29(2)3;1-2/h5-10,13,16,18H,11-12,14-15,17H2,1-4H3;1-2H3/t18-;/m1./s1. The minimum absolute atomic E-state index is 0.0485. The lowest BCUT2D eigenvalue weighted by molar-refractivity contribution is -0.124. The van der Waals surface area contributed by atoms with Gasteiger partial charge in [-0.1, -0.05) is 26.0 Å². The molecule has 0 unspecified atom stereocenters. The molecule has 1 fully saturated rings. The van der Waals surface area contributed by atoms with Crippen molar-refractivity contribution in [2.45, 2.75) is 40.1 Å². The second kappa shape index (κ2) is 12.8. The minimum atomic E-state index is -0.623. The van der Waals surface area contributed by atoms with Gasteiger partial charge in [0.05, 0.1) is 11.1 Å². The zero-order valence-electron chi connectivity index (χ0n) is 23.0. The maximum absolute atomic E-state index is 13.7. The molecule has 1 aliphatic rings. The Balaban J connectivity index is 0.00000195. The number of methoxy groups -OCH3 is 1. The van der Waals surface area contributed by atoms with Crippen molar-refractivity contribution in [1.82, 2.24) is 19.3 Å². The fourth-order valence-electron chi connectivity index (χ4n) is 4.66. The molecule has 1 atom stereocenters. The van der Waals surface area contributed by atoms with Gasteiger partial charge in [0.2, 0.25) is 5.78 Å². The molecule has 2 heterocycles. The molecule has 204 valence electrons. The minimum Gasteiger partial charge on any atom is -0.364 e. The van der Waals surface area contributed by atoms with Gasteiger partial charge in [0.25, 0.3) is 11.8 Å². The third kappa shape index (κ3) is 6.28. The third-order valence-electron chi connectivity index (χ3n) is 6.53. The van der Waals surface area contributed by atoms with Crippen LogP contribution in [0.15, 0.2) is 48.7 Å². The van der Waals surface area contributed by atoms with Gasteiger partial charge in [-0.05, 0) is 42.8 Å². The number of aromatic nitrogens is 1. The van der Waals surface area contributed by atoms with Gasteiger partial charge in [-0.15, -0.1) is 0 Å². The number of ether oxygens (including phenoxy) is 1. The van der Waals surface area contributed by atoms with Gasteiger partial charge >= 0.3 is 0 Å². The molecule has 3 aromatic rings. The molecular formula is C29H37FN4O4. The number of hydrogen-bond donors (Lipinski definition) is 0. The van der Waals surface area contributed by atoms with Gasteiger partial charge in [-0.25, -0.2) is 4.39 Å². The monoisotopic (exact) mass is 524 g/mol. The molecule has 2 aromatic carbocycles. The number of benzene rings is 2. The number of ketones is 1. The molecule has 2 amide bonds. The van der Waals surface area contributed by atoms with E-state index >= 15 is 0 Å². The van der Waals surface area contributed by atoms with Crippen LogP contribution in [0.4, 0.5) is 4.39 Å². The van der Waals surface area contributed by atoms with Gasteiger partial charge in [0, 0.05) is 70.6 Å². The number of likely N-dealkylation sites (N-methyl/N-ethyl adjacent to an activating group) is 1. The van der Waals surface area contributed by atoms with E-state index in [1.54, 1.807) is 43.6 Å². The lowest BCUT2D eigenvalue weighted by atomic mass is 10.0. The van der Waals surface area contributed by atoms with E-state index in [0.29, 0.717) is 37.1 Å². The quantitative estimate of drug-likeness (QED) is 0.345. The molecular weight excluding hydrogens is 487 g/mol. The van der Waals surface area contributed by atoms with Crippen molar-refractivity contribution in [2.24, 2.45) is 0 Å². The van der Waals surface area contributed by atoms with E-state index in [1.807, 2.05) is 30.2 Å². The van der Waals surface area contributed by atoms with Crippen LogP contribution < -0.4 is 0 Å². The lowest BCUT2D eigenvalue weighted by Gasteiger charge is -2.40. The van der Waals surface area contributed by atoms with Crippen LogP contribution in [-0.2, 0) is 22.8 Å². The molecule has 0 bridgehead atoms. The maximum atomic E-state index is 13.7.